The number of fused-ring (bicyclic) bond motifs is 7. The predicted octanol–water partition coefficient (Wildman–Crippen LogP) is 2.16. The van der Waals surface area contributed by atoms with E-state index in [-0.39, 0.29) is 11.9 Å². The fraction of sp³-hybridized carbons (Fsp3) is 0.619. The normalized spacial score (nSPS) is 32.6. The summed E-state index contributed by atoms with van der Waals surface area (Å²) in [6, 6.07) is 4.69. The lowest BCUT2D eigenvalue weighted by atomic mass is 9.68. The topological polar surface area (TPSA) is 66.6 Å². The average molecular weight is 378 g/mol. The first-order chi connectivity index (χ1) is 13.8. The van der Waals surface area contributed by atoms with Crippen LogP contribution in [0.15, 0.2) is 30.0 Å². The lowest BCUT2D eigenvalue weighted by molar-refractivity contribution is 0.00146. The van der Waals surface area contributed by atoms with Crippen LogP contribution in [0.5, 0.6) is 0 Å². The molecule has 3 saturated heterocycles. The van der Waals surface area contributed by atoms with Crippen molar-refractivity contribution in [2.45, 2.75) is 50.6 Å². The van der Waals surface area contributed by atoms with E-state index in [0.717, 1.165) is 32.0 Å². The number of tetrazole rings is 1. The molecule has 4 atom stereocenters. The number of likely N-dealkylation sites (tertiary alicyclic amines) is 1. The van der Waals surface area contributed by atoms with Gasteiger partial charge in [-0.2, -0.15) is 4.52 Å². The number of carbonyl (C=O) groups excluding carboxylic acids is 1. The molecule has 3 fully saturated rings. The minimum atomic E-state index is 0.118. The van der Waals surface area contributed by atoms with Gasteiger partial charge in [0, 0.05) is 25.3 Å². The molecule has 1 aliphatic carbocycles. The maximum Gasteiger partial charge on any atom is 0.255 e. The van der Waals surface area contributed by atoms with Crippen molar-refractivity contribution < 1.29 is 4.79 Å². The minimum Gasteiger partial charge on any atom is -0.332 e. The highest BCUT2D eigenvalue weighted by Crippen LogP contribution is 2.45. The lowest BCUT2D eigenvalue weighted by Crippen LogP contribution is -2.60. The Morgan fingerprint density at radius 2 is 2.11 bits per heavy atom. The number of hydrogen-bond acceptors (Lipinski definition) is 5. The summed E-state index contributed by atoms with van der Waals surface area (Å²) in [6.45, 7) is 3.23. The van der Waals surface area contributed by atoms with Gasteiger partial charge in [-0.3, -0.25) is 9.69 Å². The predicted molar refractivity (Wildman–Crippen MR) is 104 cm³/mol. The second-order valence-electron chi connectivity index (χ2n) is 8.91. The first-order valence-corrected chi connectivity index (χ1v) is 10.7. The molecule has 5 heterocycles. The van der Waals surface area contributed by atoms with Crippen LogP contribution in [0.2, 0.25) is 0 Å². The van der Waals surface area contributed by atoms with E-state index in [4.69, 9.17) is 0 Å². The molecule has 2 aromatic heterocycles. The fourth-order valence-electron chi connectivity index (χ4n) is 6.23. The molecular weight excluding hydrogens is 352 g/mol. The molecule has 0 spiro atoms. The average Bonchev–Trinajstić information content (AvgIpc) is 3.21. The molecule has 2 bridgehead atoms. The second kappa shape index (κ2) is 6.37. The zero-order chi connectivity index (χ0) is 18.7. The number of carbonyl (C=O) groups is 1. The highest BCUT2D eigenvalue weighted by molar-refractivity contribution is 5.94. The van der Waals surface area contributed by atoms with E-state index < -0.39 is 0 Å². The number of aromatic nitrogens is 4. The minimum absolute atomic E-state index is 0.118. The molecule has 2 unspecified atom stereocenters. The number of nitrogens with zero attached hydrogens (tertiary/aromatic N) is 6. The number of amides is 1. The molecule has 0 saturated carbocycles. The van der Waals surface area contributed by atoms with Gasteiger partial charge >= 0.3 is 0 Å². The Balaban J connectivity index is 1.33. The van der Waals surface area contributed by atoms with Gasteiger partial charge in [0.2, 0.25) is 0 Å². The van der Waals surface area contributed by atoms with Gasteiger partial charge in [0.1, 0.15) is 0 Å². The van der Waals surface area contributed by atoms with Crippen molar-refractivity contribution in [1.29, 1.82) is 0 Å². The van der Waals surface area contributed by atoms with Gasteiger partial charge in [-0.05, 0) is 73.0 Å². The molecule has 3 aliphatic heterocycles. The number of rotatable bonds is 1. The first kappa shape index (κ1) is 16.7. The van der Waals surface area contributed by atoms with E-state index in [9.17, 15) is 4.79 Å². The molecule has 6 rings (SSSR count). The number of piperidine rings is 3. The van der Waals surface area contributed by atoms with Crippen molar-refractivity contribution in [3.05, 3.63) is 35.5 Å². The van der Waals surface area contributed by atoms with Gasteiger partial charge in [-0.15, -0.1) is 5.10 Å². The van der Waals surface area contributed by atoms with E-state index in [2.05, 4.69) is 31.4 Å². The summed E-state index contributed by atoms with van der Waals surface area (Å²) in [4.78, 5) is 18.3. The molecule has 4 aliphatic rings. The Morgan fingerprint density at radius 1 is 1.14 bits per heavy atom. The van der Waals surface area contributed by atoms with Crippen LogP contribution in [-0.2, 0) is 0 Å². The SMILES string of the molecule is O=C(c1ccc2nnnn2c1)N1CCCC2=C[C@H]3C[C@@H](CN4CCCCC34)C21. The zero-order valence-corrected chi connectivity index (χ0v) is 16.1. The standard InChI is InChI=1S/C21H26N6O/c28-21(15-6-7-19-22-23-24-27(19)13-15)26-9-3-4-14-10-16-11-17(20(14)26)12-25-8-2-1-5-18(16)25/h6-7,10,13,16-18,20H,1-5,8-9,11-12H2/t16-,17-,18?,20?/m0/s1. The summed E-state index contributed by atoms with van der Waals surface area (Å²) in [5.74, 6) is 1.38. The van der Waals surface area contributed by atoms with E-state index in [0.29, 0.717) is 23.0 Å². The summed E-state index contributed by atoms with van der Waals surface area (Å²) < 4.78 is 1.59. The largest absolute Gasteiger partial charge is 0.332 e. The molecule has 0 radical (unpaired) electrons. The molecule has 28 heavy (non-hydrogen) atoms. The molecule has 7 heteroatoms. The van der Waals surface area contributed by atoms with Crippen LogP contribution in [-0.4, -0.2) is 67.5 Å². The van der Waals surface area contributed by atoms with Gasteiger partial charge in [0.15, 0.2) is 5.65 Å². The third-order valence-electron chi connectivity index (χ3n) is 7.36. The Morgan fingerprint density at radius 3 is 3.07 bits per heavy atom. The van der Waals surface area contributed by atoms with Gasteiger partial charge in [0.25, 0.3) is 5.91 Å². The summed E-state index contributed by atoms with van der Waals surface area (Å²) in [5, 5.41) is 11.6. The number of hydrogen-bond donors (Lipinski definition) is 0. The Kier molecular flexibility index (Phi) is 3.79. The monoisotopic (exact) mass is 378 g/mol. The second-order valence-corrected chi connectivity index (χ2v) is 8.91. The highest BCUT2D eigenvalue weighted by atomic mass is 16.2. The van der Waals surface area contributed by atoms with E-state index in [1.807, 2.05) is 12.1 Å². The Hall–Kier alpha value is -2.28. The van der Waals surface area contributed by atoms with Crippen LogP contribution >= 0.6 is 0 Å². The van der Waals surface area contributed by atoms with Gasteiger partial charge in [-0.1, -0.05) is 18.1 Å². The summed E-state index contributed by atoms with van der Waals surface area (Å²) in [5.41, 5.74) is 2.86. The van der Waals surface area contributed by atoms with Gasteiger partial charge in [-0.25, -0.2) is 0 Å². The lowest BCUT2D eigenvalue weighted by Gasteiger charge is -2.54. The summed E-state index contributed by atoms with van der Waals surface area (Å²) in [7, 11) is 0. The fourth-order valence-corrected chi connectivity index (χ4v) is 6.23. The molecular formula is C21H26N6O. The van der Waals surface area contributed by atoms with Crippen molar-refractivity contribution in [2.24, 2.45) is 11.8 Å². The van der Waals surface area contributed by atoms with Crippen LogP contribution in [0, 0.1) is 11.8 Å². The maximum atomic E-state index is 13.5. The van der Waals surface area contributed by atoms with Crippen molar-refractivity contribution in [1.82, 2.24) is 29.8 Å². The van der Waals surface area contributed by atoms with E-state index in [1.165, 1.54) is 37.8 Å². The van der Waals surface area contributed by atoms with Crippen LogP contribution in [0.4, 0.5) is 0 Å². The highest BCUT2D eigenvalue weighted by Gasteiger charge is 2.47. The van der Waals surface area contributed by atoms with Crippen molar-refractivity contribution in [2.75, 3.05) is 19.6 Å². The zero-order valence-electron chi connectivity index (χ0n) is 16.1. The van der Waals surface area contributed by atoms with Crippen LogP contribution in [0.1, 0.15) is 48.9 Å². The van der Waals surface area contributed by atoms with Crippen LogP contribution in [0.25, 0.3) is 5.65 Å². The third kappa shape index (κ3) is 2.52. The summed E-state index contributed by atoms with van der Waals surface area (Å²) >= 11 is 0. The Labute approximate surface area is 164 Å². The third-order valence-corrected chi connectivity index (χ3v) is 7.36. The molecule has 146 valence electrons. The smallest absolute Gasteiger partial charge is 0.255 e. The summed E-state index contributed by atoms with van der Waals surface area (Å²) in [6.07, 6.45) is 11.8. The first-order valence-electron chi connectivity index (χ1n) is 10.7. The Bertz CT molecular complexity index is 951. The van der Waals surface area contributed by atoms with Crippen molar-refractivity contribution in [3.63, 3.8) is 0 Å². The molecule has 0 N–H and O–H groups in total. The van der Waals surface area contributed by atoms with Gasteiger partial charge < -0.3 is 4.90 Å². The molecule has 2 aromatic rings. The van der Waals surface area contributed by atoms with Crippen LogP contribution < -0.4 is 0 Å². The van der Waals surface area contributed by atoms with E-state index in [1.54, 1.807) is 10.7 Å². The maximum absolute atomic E-state index is 13.5. The van der Waals surface area contributed by atoms with Gasteiger partial charge in [0.05, 0.1) is 11.6 Å². The molecule has 0 aromatic carbocycles. The van der Waals surface area contributed by atoms with E-state index >= 15 is 0 Å². The number of pyridine rings is 1. The van der Waals surface area contributed by atoms with Crippen molar-refractivity contribution >= 4 is 11.6 Å². The van der Waals surface area contributed by atoms with Crippen LogP contribution in [0.3, 0.4) is 0 Å². The molecule has 7 nitrogen and oxygen atoms in total. The van der Waals surface area contributed by atoms with Crippen molar-refractivity contribution in [3.8, 4) is 0 Å². The molecule has 1 amide bonds. The quantitative estimate of drug-likeness (QED) is 0.712.